The molecule has 0 saturated carbocycles. The topological polar surface area (TPSA) is 48.0 Å². The van der Waals surface area contributed by atoms with Crippen molar-refractivity contribution in [3.8, 4) is 0 Å². The highest BCUT2D eigenvalue weighted by Gasteiger charge is 2.09. The smallest absolute Gasteiger partial charge is 0.406 e. The molecular weight excluding hydrogens is 212 g/mol. The van der Waals surface area contributed by atoms with Crippen molar-refractivity contribution in [3.05, 3.63) is 41.0 Å². The van der Waals surface area contributed by atoms with E-state index in [1.165, 1.54) is 4.57 Å². The SMILES string of the molecule is C=C(CS)Cn1c(=O)oc2cccnc21. The highest BCUT2D eigenvalue weighted by Crippen LogP contribution is 2.10. The Morgan fingerprint density at radius 2 is 2.47 bits per heavy atom. The van der Waals surface area contributed by atoms with E-state index in [4.69, 9.17) is 4.42 Å². The second-order valence-corrected chi connectivity index (χ2v) is 3.50. The fourth-order valence-corrected chi connectivity index (χ4v) is 1.41. The van der Waals surface area contributed by atoms with Gasteiger partial charge >= 0.3 is 5.76 Å². The second kappa shape index (κ2) is 3.94. The average Bonchev–Trinajstić information content (AvgIpc) is 2.55. The van der Waals surface area contributed by atoms with E-state index >= 15 is 0 Å². The summed E-state index contributed by atoms with van der Waals surface area (Å²) in [5, 5.41) is 0. The number of oxazole rings is 1. The van der Waals surface area contributed by atoms with Gasteiger partial charge in [0.15, 0.2) is 11.2 Å². The molecule has 0 N–H and O–H groups in total. The van der Waals surface area contributed by atoms with Crippen LogP contribution < -0.4 is 5.76 Å². The fourth-order valence-electron chi connectivity index (χ4n) is 1.31. The lowest BCUT2D eigenvalue weighted by Crippen LogP contribution is -2.16. The number of fused-ring (bicyclic) bond motifs is 1. The van der Waals surface area contributed by atoms with Crippen LogP contribution in [0.3, 0.4) is 0 Å². The first kappa shape index (κ1) is 10.0. The highest BCUT2D eigenvalue weighted by molar-refractivity contribution is 7.80. The molecule has 78 valence electrons. The Kier molecular flexibility index (Phi) is 2.64. The van der Waals surface area contributed by atoms with Crippen LogP contribution in [0, 0.1) is 0 Å². The van der Waals surface area contributed by atoms with Crippen molar-refractivity contribution in [2.24, 2.45) is 0 Å². The predicted molar refractivity (Wildman–Crippen MR) is 61.3 cm³/mol. The van der Waals surface area contributed by atoms with Gasteiger partial charge in [0.25, 0.3) is 0 Å². The molecule has 0 amide bonds. The van der Waals surface area contributed by atoms with E-state index in [1.807, 2.05) is 0 Å². The van der Waals surface area contributed by atoms with E-state index in [-0.39, 0.29) is 0 Å². The number of aromatic nitrogens is 2. The average molecular weight is 222 g/mol. The minimum Gasteiger partial charge on any atom is -0.406 e. The molecule has 0 spiro atoms. The molecule has 5 heteroatoms. The van der Waals surface area contributed by atoms with Gasteiger partial charge in [0, 0.05) is 11.9 Å². The molecule has 0 saturated heterocycles. The molecular formula is C10H10N2O2S. The molecule has 0 atom stereocenters. The van der Waals surface area contributed by atoms with Crippen molar-refractivity contribution in [2.45, 2.75) is 6.54 Å². The van der Waals surface area contributed by atoms with Crippen molar-refractivity contribution in [3.63, 3.8) is 0 Å². The molecule has 2 aromatic rings. The molecule has 0 unspecified atom stereocenters. The first-order chi connectivity index (χ1) is 7.22. The van der Waals surface area contributed by atoms with Crippen molar-refractivity contribution >= 4 is 23.9 Å². The Bertz CT molecular complexity index is 556. The Balaban J connectivity index is 2.54. The number of rotatable bonds is 3. The standard InChI is InChI=1S/C10H10N2O2S/c1-7(6-15)5-12-9-8(14-10(12)13)3-2-4-11-9/h2-4,15H,1,5-6H2. The summed E-state index contributed by atoms with van der Waals surface area (Å²) < 4.78 is 6.48. The fraction of sp³-hybridized carbons (Fsp3) is 0.200. The monoisotopic (exact) mass is 222 g/mol. The number of thiol groups is 1. The minimum absolute atomic E-state index is 0.395. The molecule has 0 bridgehead atoms. The number of nitrogens with zero attached hydrogens (tertiary/aromatic N) is 2. The summed E-state index contributed by atoms with van der Waals surface area (Å²) in [4.78, 5) is 15.6. The van der Waals surface area contributed by atoms with Gasteiger partial charge in [0.1, 0.15) is 0 Å². The van der Waals surface area contributed by atoms with Crippen LogP contribution >= 0.6 is 12.6 Å². The molecule has 0 aliphatic carbocycles. The van der Waals surface area contributed by atoms with Crippen LogP contribution in [0.15, 0.2) is 39.7 Å². The molecule has 0 radical (unpaired) electrons. The summed E-state index contributed by atoms with van der Waals surface area (Å²) in [7, 11) is 0. The Labute approximate surface area is 91.6 Å². The van der Waals surface area contributed by atoms with Crippen molar-refractivity contribution in [1.82, 2.24) is 9.55 Å². The van der Waals surface area contributed by atoms with Gasteiger partial charge in [-0.1, -0.05) is 6.58 Å². The van der Waals surface area contributed by atoms with E-state index in [0.717, 1.165) is 5.57 Å². The third kappa shape index (κ3) is 1.83. The van der Waals surface area contributed by atoms with Crippen LogP contribution in [-0.4, -0.2) is 15.3 Å². The largest absolute Gasteiger partial charge is 0.421 e. The Hall–Kier alpha value is -1.49. The molecule has 0 fully saturated rings. The van der Waals surface area contributed by atoms with Crippen LogP contribution in [0.2, 0.25) is 0 Å². The maximum absolute atomic E-state index is 11.5. The quantitative estimate of drug-likeness (QED) is 0.632. The number of pyridine rings is 1. The van der Waals surface area contributed by atoms with Crippen molar-refractivity contribution in [2.75, 3.05) is 5.75 Å². The summed E-state index contributed by atoms with van der Waals surface area (Å²) in [6.45, 7) is 4.19. The highest BCUT2D eigenvalue weighted by atomic mass is 32.1. The van der Waals surface area contributed by atoms with Crippen LogP contribution in [0.1, 0.15) is 0 Å². The van der Waals surface area contributed by atoms with Gasteiger partial charge in [-0.25, -0.2) is 9.78 Å². The van der Waals surface area contributed by atoms with Gasteiger partial charge in [-0.05, 0) is 17.7 Å². The zero-order valence-corrected chi connectivity index (χ0v) is 8.91. The summed E-state index contributed by atoms with van der Waals surface area (Å²) >= 11 is 4.09. The normalized spacial score (nSPS) is 10.7. The van der Waals surface area contributed by atoms with Gasteiger partial charge < -0.3 is 4.42 Å². The van der Waals surface area contributed by atoms with E-state index in [2.05, 4.69) is 24.2 Å². The van der Waals surface area contributed by atoms with Crippen LogP contribution in [0.4, 0.5) is 0 Å². The Morgan fingerprint density at radius 1 is 1.67 bits per heavy atom. The zero-order chi connectivity index (χ0) is 10.8. The summed E-state index contributed by atoms with van der Waals surface area (Å²) in [5.41, 5.74) is 1.88. The Morgan fingerprint density at radius 3 is 3.20 bits per heavy atom. The van der Waals surface area contributed by atoms with E-state index in [1.54, 1.807) is 18.3 Å². The van der Waals surface area contributed by atoms with E-state index < -0.39 is 5.76 Å². The van der Waals surface area contributed by atoms with E-state index in [9.17, 15) is 4.79 Å². The third-order valence-electron chi connectivity index (χ3n) is 2.03. The van der Waals surface area contributed by atoms with Crippen molar-refractivity contribution in [1.29, 1.82) is 0 Å². The summed E-state index contributed by atoms with van der Waals surface area (Å²) in [5.74, 6) is 0.123. The lowest BCUT2D eigenvalue weighted by Gasteiger charge is -2.01. The summed E-state index contributed by atoms with van der Waals surface area (Å²) in [6.07, 6.45) is 1.62. The molecule has 0 aromatic carbocycles. The maximum atomic E-state index is 11.5. The molecule has 0 aliphatic heterocycles. The number of hydrogen-bond acceptors (Lipinski definition) is 4. The molecule has 15 heavy (non-hydrogen) atoms. The lowest BCUT2D eigenvalue weighted by molar-refractivity contribution is 0.516. The van der Waals surface area contributed by atoms with Crippen LogP contribution in [0.5, 0.6) is 0 Å². The minimum atomic E-state index is -0.411. The van der Waals surface area contributed by atoms with Gasteiger partial charge in [-0.15, -0.1) is 0 Å². The summed E-state index contributed by atoms with van der Waals surface area (Å²) in [6, 6.07) is 3.44. The van der Waals surface area contributed by atoms with E-state index in [0.29, 0.717) is 23.5 Å². The maximum Gasteiger partial charge on any atom is 0.421 e. The van der Waals surface area contributed by atoms with Gasteiger partial charge in [-0.2, -0.15) is 12.6 Å². The first-order valence-corrected chi connectivity index (χ1v) is 5.07. The second-order valence-electron chi connectivity index (χ2n) is 3.19. The number of hydrogen-bond donors (Lipinski definition) is 1. The molecule has 2 rings (SSSR count). The molecule has 2 aromatic heterocycles. The molecule has 0 aliphatic rings. The van der Waals surface area contributed by atoms with Gasteiger partial charge in [0.2, 0.25) is 0 Å². The first-order valence-electron chi connectivity index (χ1n) is 4.44. The van der Waals surface area contributed by atoms with Gasteiger partial charge in [-0.3, -0.25) is 4.57 Å². The zero-order valence-electron chi connectivity index (χ0n) is 8.01. The molecule has 4 nitrogen and oxygen atoms in total. The lowest BCUT2D eigenvalue weighted by atomic mass is 10.3. The van der Waals surface area contributed by atoms with Gasteiger partial charge in [0.05, 0.1) is 6.54 Å². The van der Waals surface area contributed by atoms with Crippen molar-refractivity contribution < 1.29 is 4.42 Å². The molecule has 2 heterocycles. The predicted octanol–water partition coefficient (Wildman–Crippen LogP) is 1.48. The van der Waals surface area contributed by atoms with Crippen LogP contribution in [0.25, 0.3) is 11.2 Å². The van der Waals surface area contributed by atoms with Crippen LogP contribution in [-0.2, 0) is 6.54 Å². The third-order valence-corrected chi connectivity index (χ3v) is 2.48.